The molecular weight excluding hydrogens is 234 g/mol. The molecule has 1 unspecified atom stereocenters. The average molecular weight is 257 g/mol. The molecule has 0 bridgehead atoms. The molecule has 0 aliphatic carbocycles. The van der Waals surface area contributed by atoms with Gasteiger partial charge in [0.05, 0.1) is 12.5 Å². The zero-order valence-electron chi connectivity index (χ0n) is 11.6. The van der Waals surface area contributed by atoms with Crippen LogP contribution in [0.2, 0.25) is 0 Å². The number of nitrogens with one attached hydrogen (secondary N) is 1. The van der Waals surface area contributed by atoms with E-state index in [1.807, 2.05) is 6.26 Å². The number of benzene rings is 1. The topological polar surface area (TPSA) is 25.2 Å². The van der Waals surface area contributed by atoms with Crippen LogP contribution in [-0.2, 0) is 12.8 Å². The summed E-state index contributed by atoms with van der Waals surface area (Å²) in [6, 6.07) is 13.3. The molecular formula is C17H23NO. The molecule has 0 spiro atoms. The Kier molecular flexibility index (Phi) is 5.70. The summed E-state index contributed by atoms with van der Waals surface area (Å²) in [4.78, 5) is 0. The van der Waals surface area contributed by atoms with Gasteiger partial charge in [-0.3, -0.25) is 0 Å². The van der Waals surface area contributed by atoms with Gasteiger partial charge in [0.1, 0.15) is 0 Å². The molecule has 0 fully saturated rings. The molecule has 0 aliphatic rings. The van der Waals surface area contributed by atoms with Crippen molar-refractivity contribution in [3.05, 3.63) is 60.1 Å². The van der Waals surface area contributed by atoms with Crippen molar-refractivity contribution < 1.29 is 4.42 Å². The smallest absolute Gasteiger partial charge is 0.0935 e. The van der Waals surface area contributed by atoms with Gasteiger partial charge in [-0.25, -0.2) is 0 Å². The van der Waals surface area contributed by atoms with E-state index in [-0.39, 0.29) is 0 Å². The van der Waals surface area contributed by atoms with E-state index in [0.717, 1.165) is 25.8 Å². The molecule has 0 aliphatic heterocycles. The van der Waals surface area contributed by atoms with Crippen LogP contribution in [0.5, 0.6) is 0 Å². The second kappa shape index (κ2) is 7.80. The summed E-state index contributed by atoms with van der Waals surface area (Å²) < 4.78 is 5.15. The van der Waals surface area contributed by atoms with Crippen LogP contribution in [-0.4, -0.2) is 12.6 Å². The SMILES string of the molecule is CCCNC(CCc1ccccc1)Cc1ccoc1. The Bertz CT molecular complexity index is 436. The van der Waals surface area contributed by atoms with E-state index in [0.29, 0.717) is 6.04 Å². The van der Waals surface area contributed by atoms with Crippen molar-refractivity contribution in [2.75, 3.05) is 6.54 Å². The van der Waals surface area contributed by atoms with Crippen LogP contribution in [0.3, 0.4) is 0 Å². The number of furan rings is 1. The second-order valence-corrected chi connectivity index (χ2v) is 5.01. The van der Waals surface area contributed by atoms with E-state index in [2.05, 4.69) is 48.6 Å². The fourth-order valence-corrected chi connectivity index (χ4v) is 2.30. The van der Waals surface area contributed by atoms with E-state index >= 15 is 0 Å². The van der Waals surface area contributed by atoms with Gasteiger partial charge >= 0.3 is 0 Å². The Morgan fingerprint density at radius 2 is 1.95 bits per heavy atom. The van der Waals surface area contributed by atoms with Crippen molar-refractivity contribution in [3.8, 4) is 0 Å². The largest absolute Gasteiger partial charge is 0.472 e. The first kappa shape index (κ1) is 13.9. The van der Waals surface area contributed by atoms with Gasteiger partial charge in [-0.1, -0.05) is 37.3 Å². The Morgan fingerprint density at radius 3 is 2.63 bits per heavy atom. The highest BCUT2D eigenvalue weighted by Gasteiger charge is 2.09. The zero-order valence-corrected chi connectivity index (χ0v) is 11.6. The lowest BCUT2D eigenvalue weighted by Gasteiger charge is -2.17. The normalized spacial score (nSPS) is 12.5. The molecule has 1 heterocycles. The summed E-state index contributed by atoms with van der Waals surface area (Å²) in [7, 11) is 0. The summed E-state index contributed by atoms with van der Waals surface area (Å²) in [6.45, 7) is 3.29. The molecule has 19 heavy (non-hydrogen) atoms. The quantitative estimate of drug-likeness (QED) is 0.777. The van der Waals surface area contributed by atoms with E-state index in [1.165, 1.54) is 17.5 Å². The third-order valence-electron chi connectivity index (χ3n) is 3.37. The molecule has 2 heteroatoms. The fraction of sp³-hybridized carbons (Fsp3) is 0.412. The van der Waals surface area contributed by atoms with Crippen molar-refractivity contribution in [2.24, 2.45) is 0 Å². The minimum absolute atomic E-state index is 0.526. The number of rotatable bonds is 8. The third kappa shape index (κ3) is 4.92. The lowest BCUT2D eigenvalue weighted by molar-refractivity contribution is 0.474. The van der Waals surface area contributed by atoms with Gasteiger partial charge in [-0.2, -0.15) is 0 Å². The minimum Gasteiger partial charge on any atom is -0.472 e. The van der Waals surface area contributed by atoms with Crippen LogP contribution in [0.25, 0.3) is 0 Å². The van der Waals surface area contributed by atoms with Crippen LogP contribution in [0.4, 0.5) is 0 Å². The van der Waals surface area contributed by atoms with Crippen LogP contribution in [0.1, 0.15) is 30.9 Å². The summed E-state index contributed by atoms with van der Waals surface area (Å²) in [5.41, 5.74) is 2.69. The van der Waals surface area contributed by atoms with Crippen LogP contribution < -0.4 is 5.32 Å². The van der Waals surface area contributed by atoms with E-state index in [9.17, 15) is 0 Å². The molecule has 2 nitrogen and oxygen atoms in total. The molecule has 2 aromatic rings. The van der Waals surface area contributed by atoms with Gasteiger partial charge in [0, 0.05) is 6.04 Å². The van der Waals surface area contributed by atoms with Crippen LogP contribution >= 0.6 is 0 Å². The van der Waals surface area contributed by atoms with Crippen molar-refractivity contribution in [3.63, 3.8) is 0 Å². The second-order valence-electron chi connectivity index (χ2n) is 5.01. The van der Waals surface area contributed by atoms with Gasteiger partial charge in [-0.15, -0.1) is 0 Å². The summed E-state index contributed by atoms with van der Waals surface area (Å²) >= 11 is 0. The zero-order chi connectivity index (χ0) is 13.3. The maximum absolute atomic E-state index is 5.15. The summed E-state index contributed by atoms with van der Waals surface area (Å²) in [6.07, 6.45) is 8.11. The molecule has 102 valence electrons. The molecule has 0 amide bonds. The van der Waals surface area contributed by atoms with E-state index in [1.54, 1.807) is 6.26 Å². The van der Waals surface area contributed by atoms with Gasteiger partial charge in [0.15, 0.2) is 0 Å². The average Bonchev–Trinajstić information content (AvgIpc) is 2.96. The Balaban J connectivity index is 1.86. The first-order valence-electron chi connectivity index (χ1n) is 7.17. The lowest BCUT2D eigenvalue weighted by Crippen LogP contribution is -2.32. The van der Waals surface area contributed by atoms with E-state index in [4.69, 9.17) is 4.42 Å². The molecule has 1 atom stereocenters. The fourth-order valence-electron chi connectivity index (χ4n) is 2.30. The van der Waals surface area contributed by atoms with Gasteiger partial charge in [0.25, 0.3) is 0 Å². The minimum atomic E-state index is 0.526. The maximum Gasteiger partial charge on any atom is 0.0935 e. The predicted molar refractivity (Wildman–Crippen MR) is 79.3 cm³/mol. The van der Waals surface area contributed by atoms with Crippen LogP contribution in [0, 0.1) is 0 Å². The maximum atomic E-state index is 5.15. The molecule has 1 N–H and O–H groups in total. The van der Waals surface area contributed by atoms with Gasteiger partial charge in [0.2, 0.25) is 0 Å². The number of hydrogen-bond donors (Lipinski definition) is 1. The molecule has 2 rings (SSSR count). The summed E-state index contributed by atoms with van der Waals surface area (Å²) in [5, 5.41) is 3.64. The number of aryl methyl sites for hydroxylation is 1. The van der Waals surface area contributed by atoms with E-state index < -0.39 is 0 Å². The Morgan fingerprint density at radius 1 is 1.11 bits per heavy atom. The number of hydrogen-bond acceptors (Lipinski definition) is 2. The van der Waals surface area contributed by atoms with Crippen LogP contribution in [0.15, 0.2) is 53.3 Å². The molecule has 0 saturated carbocycles. The third-order valence-corrected chi connectivity index (χ3v) is 3.37. The standard InChI is InChI=1S/C17H23NO/c1-2-11-18-17(13-16-10-12-19-14-16)9-8-15-6-4-3-5-7-15/h3-7,10,12,14,17-18H,2,8-9,11,13H2,1H3. The monoisotopic (exact) mass is 257 g/mol. The van der Waals surface area contributed by atoms with Crippen molar-refractivity contribution in [1.29, 1.82) is 0 Å². The van der Waals surface area contributed by atoms with Crippen molar-refractivity contribution in [1.82, 2.24) is 5.32 Å². The predicted octanol–water partition coefficient (Wildman–Crippen LogP) is 3.82. The molecule has 0 saturated heterocycles. The highest BCUT2D eigenvalue weighted by Crippen LogP contribution is 2.10. The molecule has 0 radical (unpaired) electrons. The van der Waals surface area contributed by atoms with Crippen molar-refractivity contribution >= 4 is 0 Å². The first-order valence-corrected chi connectivity index (χ1v) is 7.17. The lowest BCUT2D eigenvalue weighted by atomic mass is 10.0. The molecule has 1 aromatic carbocycles. The van der Waals surface area contributed by atoms with Gasteiger partial charge < -0.3 is 9.73 Å². The highest BCUT2D eigenvalue weighted by atomic mass is 16.3. The Hall–Kier alpha value is -1.54. The van der Waals surface area contributed by atoms with Crippen molar-refractivity contribution in [2.45, 2.75) is 38.6 Å². The first-order chi connectivity index (χ1) is 9.38. The Labute approximate surface area is 115 Å². The summed E-state index contributed by atoms with van der Waals surface area (Å²) in [5.74, 6) is 0. The highest BCUT2D eigenvalue weighted by molar-refractivity contribution is 5.15. The van der Waals surface area contributed by atoms with Gasteiger partial charge in [-0.05, 0) is 49.4 Å². The molecule has 1 aromatic heterocycles.